The fraction of sp³-hybridized carbons (Fsp3) is 0. The van der Waals surface area contributed by atoms with E-state index in [4.69, 9.17) is 0 Å². The summed E-state index contributed by atoms with van der Waals surface area (Å²) in [6, 6.07) is 7.40. The van der Waals surface area contributed by atoms with Gasteiger partial charge in [-0.05, 0) is 17.7 Å². The highest BCUT2D eigenvalue weighted by Crippen LogP contribution is 2.12. The maximum Gasteiger partial charge on any atom is 0.150 e. The summed E-state index contributed by atoms with van der Waals surface area (Å²) in [5, 5.41) is 0. The Hall–Kier alpha value is -2.03. The second-order valence-electron chi connectivity index (χ2n) is 2.95. The Labute approximate surface area is 82.1 Å². The van der Waals surface area contributed by atoms with E-state index >= 15 is 0 Å². The van der Waals surface area contributed by atoms with Gasteiger partial charge in [-0.25, -0.2) is 0 Å². The molecule has 3 heteroatoms. The Morgan fingerprint density at radius 2 is 1.93 bits per heavy atom. The summed E-state index contributed by atoms with van der Waals surface area (Å²) in [6.45, 7) is 0. The molecule has 0 aliphatic carbocycles. The largest absolute Gasteiger partial charge is 0.308 e. The third-order valence-corrected chi connectivity index (χ3v) is 2.01. The van der Waals surface area contributed by atoms with Crippen molar-refractivity contribution < 1.29 is 4.79 Å². The van der Waals surface area contributed by atoms with Crippen molar-refractivity contribution in [2.45, 2.75) is 0 Å². The van der Waals surface area contributed by atoms with Crippen molar-refractivity contribution in [1.29, 1.82) is 0 Å². The minimum absolute atomic E-state index is 0.689. The molecule has 1 aliphatic rings. The van der Waals surface area contributed by atoms with Crippen LogP contribution >= 0.6 is 0 Å². The summed E-state index contributed by atoms with van der Waals surface area (Å²) >= 11 is 0. The zero-order chi connectivity index (χ0) is 9.80. The number of benzene rings is 1. The molecule has 2 N–H and O–H groups in total. The van der Waals surface area contributed by atoms with E-state index in [1.807, 2.05) is 30.5 Å². The van der Waals surface area contributed by atoms with Gasteiger partial charge in [-0.3, -0.25) is 4.79 Å². The molecule has 0 saturated carbocycles. The van der Waals surface area contributed by atoms with Crippen LogP contribution < -0.4 is 10.9 Å². The molecule has 1 aromatic rings. The van der Waals surface area contributed by atoms with Crippen LogP contribution in [0, 0.1) is 0 Å². The second kappa shape index (κ2) is 3.79. The number of hydrogen-bond donors (Lipinski definition) is 2. The first-order valence-electron chi connectivity index (χ1n) is 4.34. The molecule has 0 radical (unpaired) electrons. The molecule has 1 aromatic carbocycles. The number of nitrogens with one attached hydrogen (secondary N) is 2. The molecular formula is C11H10N2O. The lowest BCUT2D eigenvalue weighted by Gasteiger charge is -2.13. The van der Waals surface area contributed by atoms with E-state index in [0.29, 0.717) is 5.56 Å². The lowest BCUT2D eigenvalue weighted by atomic mass is 10.1. The minimum atomic E-state index is 0.689. The van der Waals surface area contributed by atoms with Gasteiger partial charge in [-0.1, -0.05) is 24.3 Å². The summed E-state index contributed by atoms with van der Waals surface area (Å²) in [6.07, 6.45) is 6.53. The van der Waals surface area contributed by atoms with Gasteiger partial charge in [0.05, 0.1) is 5.70 Å². The van der Waals surface area contributed by atoms with Crippen LogP contribution in [0.2, 0.25) is 0 Å². The average Bonchev–Trinajstić information content (AvgIpc) is 2.30. The van der Waals surface area contributed by atoms with Crippen LogP contribution in [0.15, 0.2) is 42.6 Å². The van der Waals surface area contributed by atoms with Crippen molar-refractivity contribution >= 4 is 12.0 Å². The van der Waals surface area contributed by atoms with Crippen molar-refractivity contribution in [3.8, 4) is 0 Å². The highest BCUT2D eigenvalue weighted by molar-refractivity contribution is 5.76. The number of allylic oxidation sites excluding steroid dienone is 2. The zero-order valence-corrected chi connectivity index (χ0v) is 7.53. The van der Waals surface area contributed by atoms with Gasteiger partial charge in [0.2, 0.25) is 0 Å². The monoisotopic (exact) mass is 186 g/mol. The van der Waals surface area contributed by atoms with E-state index in [0.717, 1.165) is 17.5 Å². The van der Waals surface area contributed by atoms with Crippen molar-refractivity contribution in [2.75, 3.05) is 0 Å². The molecule has 0 aromatic heterocycles. The van der Waals surface area contributed by atoms with Gasteiger partial charge in [0.1, 0.15) is 6.29 Å². The highest BCUT2D eigenvalue weighted by atomic mass is 16.1. The molecule has 0 atom stereocenters. The van der Waals surface area contributed by atoms with Crippen LogP contribution in [0.5, 0.6) is 0 Å². The van der Waals surface area contributed by atoms with Crippen LogP contribution in [0.1, 0.15) is 15.9 Å². The Kier molecular flexibility index (Phi) is 2.32. The summed E-state index contributed by atoms with van der Waals surface area (Å²) < 4.78 is 0. The zero-order valence-electron chi connectivity index (χ0n) is 7.53. The molecule has 0 unspecified atom stereocenters. The number of aldehydes is 1. The topological polar surface area (TPSA) is 41.1 Å². The SMILES string of the molecule is O=Cc1ccc(C2=CC=CNN2)cc1. The van der Waals surface area contributed by atoms with Gasteiger partial charge in [0, 0.05) is 11.8 Å². The maximum absolute atomic E-state index is 10.4. The third kappa shape index (κ3) is 1.66. The van der Waals surface area contributed by atoms with Gasteiger partial charge < -0.3 is 10.9 Å². The van der Waals surface area contributed by atoms with Crippen LogP contribution in [-0.4, -0.2) is 6.29 Å². The van der Waals surface area contributed by atoms with Gasteiger partial charge in [-0.2, -0.15) is 0 Å². The first-order valence-corrected chi connectivity index (χ1v) is 4.34. The quantitative estimate of drug-likeness (QED) is 0.687. The number of carbonyl (C=O) groups is 1. The molecule has 1 aliphatic heterocycles. The average molecular weight is 186 g/mol. The van der Waals surface area contributed by atoms with E-state index in [-0.39, 0.29) is 0 Å². The van der Waals surface area contributed by atoms with Crippen LogP contribution in [0.4, 0.5) is 0 Å². The molecule has 0 fully saturated rings. The van der Waals surface area contributed by atoms with Crippen LogP contribution in [0.3, 0.4) is 0 Å². The molecular weight excluding hydrogens is 176 g/mol. The van der Waals surface area contributed by atoms with Gasteiger partial charge in [0.25, 0.3) is 0 Å². The van der Waals surface area contributed by atoms with Gasteiger partial charge in [-0.15, -0.1) is 0 Å². The third-order valence-electron chi connectivity index (χ3n) is 2.01. The van der Waals surface area contributed by atoms with Crippen LogP contribution in [0.25, 0.3) is 5.70 Å². The predicted molar refractivity (Wildman–Crippen MR) is 55.2 cm³/mol. The number of hydrogen-bond acceptors (Lipinski definition) is 3. The molecule has 3 nitrogen and oxygen atoms in total. The van der Waals surface area contributed by atoms with E-state index in [9.17, 15) is 4.79 Å². The molecule has 70 valence electrons. The molecule has 0 saturated heterocycles. The fourth-order valence-corrected chi connectivity index (χ4v) is 1.26. The summed E-state index contributed by atoms with van der Waals surface area (Å²) in [7, 11) is 0. The molecule has 0 bridgehead atoms. The van der Waals surface area contributed by atoms with Crippen molar-refractivity contribution in [1.82, 2.24) is 10.9 Å². The Morgan fingerprint density at radius 1 is 1.14 bits per heavy atom. The summed E-state index contributed by atoms with van der Waals surface area (Å²) in [5.41, 5.74) is 8.63. The lowest BCUT2D eigenvalue weighted by Crippen LogP contribution is -2.26. The molecule has 2 rings (SSSR count). The molecule has 1 heterocycles. The van der Waals surface area contributed by atoms with Gasteiger partial charge in [0.15, 0.2) is 0 Å². The predicted octanol–water partition coefficient (Wildman–Crippen LogP) is 1.46. The molecule has 0 spiro atoms. The normalized spacial score (nSPS) is 13.9. The maximum atomic E-state index is 10.4. The summed E-state index contributed by atoms with van der Waals surface area (Å²) in [4.78, 5) is 10.4. The Bertz CT molecular complexity index is 390. The Balaban J connectivity index is 2.28. The summed E-state index contributed by atoms with van der Waals surface area (Å²) in [5.74, 6) is 0. The Morgan fingerprint density at radius 3 is 2.50 bits per heavy atom. The first-order chi connectivity index (χ1) is 6.90. The van der Waals surface area contributed by atoms with Crippen molar-refractivity contribution in [2.24, 2.45) is 0 Å². The molecule has 14 heavy (non-hydrogen) atoms. The van der Waals surface area contributed by atoms with Crippen molar-refractivity contribution in [3.63, 3.8) is 0 Å². The van der Waals surface area contributed by atoms with E-state index in [1.54, 1.807) is 12.1 Å². The fourth-order valence-electron chi connectivity index (χ4n) is 1.26. The second-order valence-corrected chi connectivity index (χ2v) is 2.95. The standard InChI is InChI=1S/C11H10N2O/c14-8-9-3-5-10(6-4-9)11-2-1-7-12-13-11/h1-8,12-13H. The lowest BCUT2D eigenvalue weighted by molar-refractivity contribution is 0.112. The van der Waals surface area contributed by atoms with E-state index < -0.39 is 0 Å². The van der Waals surface area contributed by atoms with Crippen molar-refractivity contribution in [3.05, 3.63) is 53.7 Å². The van der Waals surface area contributed by atoms with E-state index in [1.165, 1.54) is 0 Å². The number of hydrazine groups is 1. The highest BCUT2D eigenvalue weighted by Gasteiger charge is 2.01. The van der Waals surface area contributed by atoms with E-state index in [2.05, 4.69) is 10.9 Å². The number of carbonyl (C=O) groups excluding carboxylic acids is 1. The first kappa shape index (κ1) is 8.56. The minimum Gasteiger partial charge on any atom is -0.308 e. The van der Waals surface area contributed by atoms with Crippen LogP contribution in [-0.2, 0) is 0 Å². The number of rotatable bonds is 2. The van der Waals surface area contributed by atoms with Gasteiger partial charge >= 0.3 is 0 Å². The molecule has 0 amide bonds. The smallest absolute Gasteiger partial charge is 0.150 e.